The van der Waals surface area contributed by atoms with Gasteiger partial charge < -0.3 is 5.32 Å². The summed E-state index contributed by atoms with van der Waals surface area (Å²) in [4.78, 5) is 0. The Labute approximate surface area is 79.2 Å². The second-order valence-electron chi connectivity index (χ2n) is 4.50. The van der Waals surface area contributed by atoms with E-state index in [9.17, 15) is 0 Å². The molecule has 1 saturated heterocycles. The van der Waals surface area contributed by atoms with Crippen molar-refractivity contribution in [2.24, 2.45) is 5.92 Å². The first-order valence-corrected chi connectivity index (χ1v) is 5.10. The molecule has 1 heterocycles. The fourth-order valence-electron chi connectivity index (χ4n) is 2.89. The molecule has 1 saturated carbocycles. The molecular formula is C12H15N. The van der Waals surface area contributed by atoms with Crippen LogP contribution in [0.5, 0.6) is 0 Å². The van der Waals surface area contributed by atoms with Crippen molar-refractivity contribution in [2.45, 2.75) is 18.8 Å². The van der Waals surface area contributed by atoms with Crippen LogP contribution in [0, 0.1) is 12.8 Å². The van der Waals surface area contributed by atoms with Crippen molar-refractivity contribution in [3.05, 3.63) is 35.4 Å². The second-order valence-corrected chi connectivity index (χ2v) is 4.50. The van der Waals surface area contributed by atoms with Crippen molar-refractivity contribution < 1.29 is 0 Å². The van der Waals surface area contributed by atoms with Crippen LogP contribution in [-0.2, 0) is 5.41 Å². The molecule has 2 aliphatic rings. The van der Waals surface area contributed by atoms with E-state index >= 15 is 0 Å². The minimum atomic E-state index is 0.533. The monoisotopic (exact) mass is 173 g/mol. The second kappa shape index (κ2) is 2.36. The average molecular weight is 173 g/mol. The number of fused-ring (bicyclic) bond motifs is 1. The number of hydrogen-bond donors (Lipinski definition) is 1. The fraction of sp³-hybridized carbons (Fsp3) is 0.500. The minimum Gasteiger partial charge on any atom is -0.316 e. The zero-order chi connectivity index (χ0) is 8.89. The standard InChI is InChI=1S/C12H15N/c1-9-4-2-3-5-11(9)12-6-10(12)7-13-8-12/h2-5,10,13H,6-8H2,1H3/t10-,12-/m1/s1. The van der Waals surface area contributed by atoms with Gasteiger partial charge in [0, 0.05) is 12.0 Å². The maximum Gasteiger partial charge on any atom is 0.0124 e. The van der Waals surface area contributed by atoms with Crippen molar-refractivity contribution in [1.29, 1.82) is 0 Å². The molecule has 0 unspecified atom stereocenters. The lowest BCUT2D eigenvalue weighted by atomic mass is 9.91. The number of piperidine rings is 1. The normalized spacial score (nSPS) is 35.9. The molecular weight excluding hydrogens is 158 g/mol. The topological polar surface area (TPSA) is 12.0 Å². The Hall–Kier alpha value is -0.820. The molecule has 0 aromatic heterocycles. The Balaban J connectivity index is 2.06. The molecule has 0 bridgehead atoms. The molecule has 1 aliphatic carbocycles. The summed E-state index contributed by atoms with van der Waals surface area (Å²) in [5.41, 5.74) is 3.59. The molecule has 1 aliphatic heterocycles. The molecule has 0 spiro atoms. The molecule has 1 N–H and O–H groups in total. The molecule has 68 valence electrons. The van der Waals surface area contributed by atoms with Crippen LogP contribution in [0.4, 0.5) is 0 Å². The molecule has 0 amide bonds. The van der Waals surface area contributed by atoms with Crippen LogP contribution in [0.3, 0.4) is 0 Å². The van der Waals surface area contributed by atoms with Gasteiger partial charge in [-0.3, -0.25) is 0 Å². The third kappa shape index (κ3) is 0.910. The number of rotatable bonds is 1. The highest BCUT2D eigenvalue weighted by Gasteiger charge is 2.58. The summed E-state index contributed by atoms with van der Waals surface area (Å²) in [5.74, 6) is 0.925. The van der Waals surface area contributed by atoms with Crippen LogP contribution in [0.1, 0.15) is 17.5 Å². The van der Waals surface area contributed by atoms with E-state index in [1.54, 1.807) is 5.56 Å². The lowest BCUT2D eigenvalue weighted by Crippen LogP contribution is -2.19. The number of hydrogen-bond acceptors (Lipinski definition) is 1. The van der Waals surface area contributed by atoms with Gasteiger partial charge in [0.1, 0.15) is 0 Å². The first-order chi connectivity index (χ1) is 6.33. The first-order valence-electron chi connectivity index (χ1n) is 5.10. The van der Waals surface area contributed by atoms with Gasteiger partial charge in [0.05, 0.1) is 0 Å². The Bertz CT molecular complexity index is 345. The van der Waals surface area contributed by atoms with Gasteiger partial charge in [-0.1, -0.05) is 24.3 Å². The van der Waals surface area contributed by atoms with Crippen molar-refractivity contribution in [3.63, 3.8) is 0 Å². The zero-order valence-corrected chi connectivity index (χ0v) is 8.01. The van der Waals surface area contributed by atoms with Gasteiger partial charge in [-0.05, 0) is 36.9 Å². The van der Waals surface area contributed by atoms with Crippen LogP contribution in [0.15, 0.2) is 24.3 Å². The van der Waals surface area contributed by atoms with E-state index in [-0.39, 0.29) is 0 Å². The lowest BCUT2D eigenvalue weighted by Gasteiger charge is -2.14. The van der Waals surface area contributed by atoms with Crippen LogP contribution >= 0.6 is 0 Å². The summed E-state index contributed by atoms with van der Waals surface area (Å²) in [6, 6.07) is 8.85. The minimum absolute atomic E-state index is 0.533. The highest BCUT2D eigenvalue weighted by molar-refractivity contribution is 5.41. The summed E-state index contributed by atoms with van der Waals surface area (Å²) in [7, 11) is 0. The average Bonchev–Trinajstić information content (AvgIpc) is 2.70. The summed E-state index contributed by atoms with van der Waals surface area (Å²) in [6.45, 7) is 4.66. The number of benzene rings is 1. The van der Waals surface area contributed by atoms with Gasteiger partial charge in [-0.2, -0.15) is 0 Å². The fourth-order valence-corrected chi connectivity index (χ4v) is 2.89. The highest BCUT2D eigenvalue weighted by Crippen LogP contribution is 2.56. The molecule has 13 heavy (non-hydrogen) atoms. The highest BCUT2D eigenvalue weighted by atomic mass is 15.0. The van der Waals surface area contributed by atoms with E-state index in [0.717, 1.165) is 5.92 Å². The molecule has 1 heteroatoms. The smallest absolute Gasteiger partial charge is 0.0124 e. The molecule has 1 aromatic rings. The first kappa shape index (κ1) is 7.57. The van der Waals surface area contributed by atoms with Gasteiger partial charge in [0.15, 0.2) is 0 Å². The third-order valence-electron chi connectivity index (χ3n) is 3.74. The van der Waals surface area contributed by atoms with E-state index in [1.165, 1.54) is 25.1 Å². The predicted molar refractivity (Wildman–Crippen MR) is 53.8 cm³/mol. The van der Waals surface area contributed by atoms with Crippen LogP contribution in [-0.4, -0.2) is 13.1 Å². The molecule has 3 rings (SSSR count). The molecule has 2 atom stereocenters. The molecule has 1 nitrogen and oxygen atoms in total. The lowest BCUT2D eigenvalue weighted by molar-refractivity contribution is 0.672. The van der Waals surface area contributed by atoms with E-state index < -0.39 is 0 Å². The van der Waals surface area contributed by atoms with E-state index in [1.807, 2.05) is 0 Å². The SMILES string of the molecule is Cc1ccccc1[C@]12CNC[C@H]1C2. The zero-order valence-electron chi connectivity index (χ0n) is 8.01. The van der Waals surface area contributed by atoms with Crippen molar-refractivity contribution in [2.75, 3.05) is 13.1 Å². The number of nitrogens with one attached hydrogen (secondary N) is 1. The van der Waals surface area contributed by atoms with E-state index in [2.05, 4.69) is 36.5 Å². The van der Waals surface area contributed by atoms with E-state index in [4.69, 9.17) is 0 Å². The number of aryl methyl sites for hydroxylation is 1. The van der Waals surface area contributed by atoms with Gasteiger partial charge in [-0.15, -0.1) is 0 Å². The Morgan fingerprint density at radius 1 is 1.38 bits per heavy atom. The summed E-state index contributed by atoms with van der Waals surface area (Å²) < 4.78 is 0. The summed E-state index contributed by atoms with van der Waals surface area (Å²) in [5, 5.41) is 3.49. The Morgan fingerprint density at radius 2 is 2.23 bits per heavy atom. The molecule has 2 fully saturated rings. The van der Waals surface area contributed by atoms with Gasteiger partial charge in [0.25, 0.3) is 0 Å². The molecule has 1 aromatic carbocycles. The van der Waals surface area contributed by atoms with Crippen molar-refractivity contribution in [3.8, 4) is 0 Å². The summed E-state index contributed by atoms with van der Waals surface area (Å²) >= 11 is 0. The van der Waals surface area contributed by atoms with E-state index in [0.29, 0.717) is 5.41 Å². The van der Waals surface area contributed by atoms with Crippen LogP contribution < -0.4 is 5.32 Å². The predicted octanol–water partition coefficient (Wildman–Crippen LogP) is 1.86. The maximum atomic E-state index is 3.49. The summed E-state index contributed by atoms with van der Waals surface area (Å²) in [6.07, 6.45) is 1.41. The largest absolute Gasteiger partial charge is 0.316 e. The van der Waals surface area contributed by atoms with Gasteiger partial charge in [0.2, 0.25) is 0 Å². The Kier molecular flexibility index (Phi) is 1.37. The quantitative estimate of drug-likeness (QED) is 0.683. The van der Waals surface area contributed by atoms with Gasteiger partial charge in [-0.25, -0.2) is 0 Å². The third-order valence-corrected chi connectivity index (χ3v) is 3.74. The van der Waals surface area contributed by atoms with Crippen molar-refractivity contribution in [1.82, 2.24) is 5.32 Å². The van der Waals surface area contributed by atoms with Crippen LogP contribution in [0.2, 0.25) is 0 Å². The Morgan fingerprint density at radius 3 is 2.85 bits per heavy atom. The maximum absolute atomic E-state index is 3.49. The van der Waals surface area contributed by atoms with Crippen molar-refractivity contribution >= 4 is 0 Å². The molecule has 0 radical (unpaired) electrons. The van der Waals surface area contributed by atoms with Crippen LogP contribution in [0.25, 0.3) is 0 Å². The van der Waals surface area contributed by atoms with Gasteiger partial charge >= 0.3 is 0 Å².